The van der Waals surface area contributed by atoms with Gasteiger partial charge >= 0.3 is 0 Å². The van der Waals surface area contributed by atoms with Crippen molar-refractivity contribution in [2.75, 3.05) is 0 Å². The Labute approximate surface area is 89.7 Å². The van der Waals surface area contributed by atoms with E-state index in [0.29, 0.717) is 0 Å². The van der Waals surface area contributed by atoms with Crippen molar-refractivity contribution in [1.29, 1.82) is 0 Å². The third-order valence-corrected chi connectivity index (χ3v) is 3.04. The molecule has 1 heterocycles. The maximum atomic E-state index is 2.30. The fraction of sp³-hybridized carbons (Fsp3) is 0.143. The van der Waals surface area contributed by atoms with Crippen LogP contribution >= 0.6 is 0 Å². The maximum absolute atomic E-state index is 2.30. The van der Waals surface area contributed by atoms with Crippen LogP contribution in [-0.2, 0) is 13.5 Å². The van der Waals surface area contributed by atoms with Crippen LogP contribution in [0, 0.1) is 0 Å². The lowest BCUT2D eigenvalue weighted by Crippen LogP contribution is -1.86. The average molecular weight is 195 g/mol. The van der Waals surface area contributed by atoms with Crippen molar-refractivity contribution in [3.05, 3.63) is 59.4 Å². The molecule has 1 aliphatic carbocycles. The van der Waals surface area contributed by atoms with Crippen LogP contribution in [0.15, 0.2) is 42.6 Å². The molecule has 0 fully saturated rings. The van der Waals surface area contributed by atoms with Gasteiger partial charge in [-0.1, -0.05) is 30.3 Å². The zero-order valence-electron chi connectivity index (χ0n) is 8.77. The first-order chi connectivity index (χ1) is 7.34. The van der Waals surface area contributed by atoms with E-state index in [-0.39, 0.29) is 0 Å². The Morgan fingerprint density at radius 3 is 2.60 bits per heavy atom. The fourth-order valence-corrected chi connectivity index (χ4v) is 2.20. The molecule has 1 aromatic heterocycles. The lowest BCUT2D eigenvalue weighted by molar-refractivity contribution is 0.913. The van der Waals surface area contributed by atoms with Crippen LogP contribution in [0.3, 0.4) is 0 Å². The van der Waals surface area contributed by atoms with E-state index >= 15 is 0 Å². The fourth-order valence-electron chi connectivity index (χ4n) is 2.20. The molecule has 0 saturated carbocycles. The second-order valence-electron chi connectivity index (χ2n) is 4.05. The number of allylic oxidation sites excluding steroid dienone is 1. The van der Waals surface area contributed by atoms with E-state index < -0.39 is 0 Å². The first-order valence-corrected chi connectivity index (χ1v) is 5.25. The van der Waals surface area contributed by atoms with Crippen LogP contribution in [0.5, 0.6) is 0 Å². The molecule has 15 heavy (non-hydrogen) atoms. The third-order valence-electron chi connectivity index (χ3n) is 3.04. The van der Waals surface area contributed by atoms with Crippen LogP contribution in [0.2, 0.25) is 0 Å². The summed E-state index contributed by atoms with van der Waals surface area (Å²) in [5, 5.41) is 0. The molecule has 1 heteroatoms. The van der Waals surface area contributed by atoms with Gasteiger partial charge in [0.25, 0.3) is 0 Å². The van der Waals surface area contributed by atoms with Gasteiger partial charge in [0.15, 0.2) is 0 Å². The molecule has 0 saturated heterocycles. The molecule has 0 amide bonds. The SMILES string of the molecule is Cn1ccc2c1C=C(c1ccccc1)C2. The van der Waals surface area contributed by atoms with Gasteiger partial charge in [0.1, 0.15) is 0 Å². The summed E-state index contributed by atoms with van der Waals surface area (Å²) >= 11 is 0. The Hall–Kier alpha value is -1.76. The first kappa shape index (κ1) is 8.54. The Morgan fingerprint density at radius 2 is 1.87 bits per heavy atom. The minimum absolute atomic E-state index is 1.07. The van der Waals surface area contributed by atoms with E-state index in [2.05, 4.69) is 60.3 Å². The van der Waals surface area contributed by atoms with Gasteiger partial charge in [-0.15, -0.1) is 0 Å². The maximum Gasteiger partial charge on any atom is 0.0443 e. The largest absolute Gasteiger partial charge is 0.351 e. The lowest BCUT2D eigenvalue weighted by atomic mass is 10.0. The van der Waals surface area contributed by atoms with Crippen LogP contribution in [0.25, 0.3) is 11.6 Å². The minimum atomic E-state index is 1.07. The topological polar surface area (TPSA) is 4.93 Å². The highest BCUT2D eigenvalue weighted by molar-refractivity contribution is 5.87. The Bertz CT molecular complexity index is 518. The van der Waals surface area contributed by atoms with Gasteiger partial charge in [-0.2, -0.15) is 0 Å². The molecule has 0 aliphatic heterocycles. The molecule has 0 atom stereocenters. The van der Waals surface area contributed by atoms with Crippen LogP contribution in [-0.4, -0.2) is 4.57 Å². The standard InChI is InChI=1S/C14H13N/c1-15-8-7-12-9-13(10-14(12)15)11-5-3-2-4-6-11/h2-8,10H,9H2,1H3. The summed E-state index contributed by atoms with van der Waals surface area (Å²) in [5.74, 6) is 0. The Kier molecular flexibility index (Phi) is 1.78. The predicted octanol–water partition coefficient (Wildman–Crippen LogP) is 3.12. The molecule has 0 unspecified atom stereocenters. The summed E-state index contributed by atoms with van der Waals surface area (Å²) in [6, 6.07) is 12.8. The number of hydrogen-bond acceptors (Lipinski definition) is 0. The molecule has 1 aliphatic rings. The summed E-state index contributed by atoms with van der Waals surface area (Å²) in [6.45, 7) is 0. The molecule has 3 rings (SSSR count). The molecule has 1 nitrogen and oxygen atoms in total. The highest BCUT2D eigenvalue weighted by Gasteiger charge is 2.15. The van der Waals surface area contributed by atoms with E-state index in [1.165, 1.54) is 22.4 Å². The summed E-state index contributed by atoms with van der Waals surface area (Å²) in [6.07, 6.45) is 5.49. The van der Waals surface area contributed by atoms with Crippen molar-refractivity contribution in [2.24, 2.45) is 7.05 Å². The van der Waals surface area contributed by atoms with Crippen molar-refractivity contribution >= 4 is 11.6 Å². The summed E-state index contributed by atoms with van der Waals surface area (Å²) in [5.41, 5.74) is 5.57. The normalized spacial score (nSPS) is 13.8. The van der Waals surface area contributed by atoms with E-state index in [0.717, 1.165) is 6.42 Å². The Balaban J connectivity index is 2.04. The van der Waals surface area contributed by atoms with Gasteiger partial charge in [0.2, 0.25) is 0 Å². The minimum Gasteiger partial charge on any atom is -0.351 e. The van der Waals surface area contributed by atoms with Gasteiger partial charge in [-0.3, -0.25) is 0 Å². The lowest BCUT2D eigenvalue weighted by Gasteiger charge is -2.00. The molecule has 0 N–H and O–H groups in total. The van der Waals surface area contributed by atoms with Crippen molar-refractivity contribution in [3.63, 3.8) is 0 Å². The molecule has 0 bridgehead atoms. The van der Waals surface area contributed by atoms with Gasteiger partial charge < -0.3 is 4.57 Å². The number of rotatable bonds is 1. The zero-order valence-corrected chi connectivity index (χ0v) is 8.77. The molecule has 74 valence electrons. The molecule has 1 aromatic carbocycles. The van der Waals surface area contributed by atoms with E-state index in [9.17, 15) is 0 Å². The van der Waals surface area contributed by atoms with Crippen LogP contribution < -0.4 is 0 Å². The van der Waals surface area contributed by atoms with Crippen LogP contribution in [0.1, 0.15) is 16.8 Å². The molecular weight excluding hydrogens is 182 g/mol. The van der Waals surface area contributed by atoms with Gasteiger partial charge in [0.05, 0.1) is 0 Å². The number of aromatic nitrogens is 1. The number of nitrogens with zero attached hydrogens (tertiary/aromatic N) is 1. The highest BCUT2D eigenvalue weighted by Crippen LogP contribution is 2.31. The van der Waals surface area contributed by atoms with Crippen LogP contribution in [0.4, 0.5) is 0 Å². The molecular formula is C14H13N. The summed E-state index contributed by atoms with van der Waals surface area (Å²) in [7, 11) is 2.10. The van der Waals surface area contributed by atoms with E-state index in [1.54, 1.807) is 0 Å². The van der Waals surface area contributed by atoms with Crippen molar-refractivity contribution in [2.45, 2.75) is 6.42 Å². The second-order valence-corrected chi connectivity index (χ2v) is 4.05. The Morgan fingerprint density at radius 1 is 1.07 bits per heavy atom. The predicted molar refractivity (Wildman–Crippen MR) is 63.4 cm³/mol. The quantitative estimate of drug-likeness (QED) is 0.659. The summed E-state index contributed by atoms with van der Waals surface area (Å²) in [4.78, 5) is 0. The van der Waals surface area contributed by atoms with E-state index in [4.69, 9.17) is 0 Å². The number of benzene rings is 1. The number of hydrogen-bond donors (Lipinski definition) is 0. The first-order valence-electron chi connectivity index (χ1n) is 5.25. The van der Waals surface area contributed by atoms with Crippen molar-refractivity contribution in [1.82, 2.24) is 4.57 Å². The monoisotopic (exact) mass is 195 g/mol. The number of aryl methyl sites for hydroxylation is 1. The van der Waals surface area contributed by atoms with E-state index in [1.807, 2.05) is 0 Å². The molecule has 0 spiro atoms. The van der Waals surface area contributed by atoms with Gasteiger partial charge in [0, 0.05) is 25.4 Å². The van der Waals surface area contributed by atoms with Gasteiger partial charge in [-0.05, 0) is 28.8 Å². The third kappa shape index (κ3) is 1.32. The average Bonchev–Trinajstić information content (AvgIpc) is 2.83. The summed E-state index contributed by atoms with van der Waals surface area (Å²) < 4.78 is 2.19. The zero-order chi connectivity index (χ0) is 10.3. The number of fused-ring (bicyclic) bond motifs is 1. The highest BCUT2D eigenvalue weighted by atomic mass is 14.9. The van der Waals surface area contributed by atoms with Crippen molar-refractivity contribution in [3.8, 4) is 0 Å². The second kappa shape index (κ2) is 3.13. The van der Waals surface area contributed by atoms with Gasteiger partial charge in [-0.25, -0.2) is 0 Å². The smallest absolute Gasteiger partial charge is 0.0443 e. The molecule has 0 radical (unpaired) electrons. The molecule has 2 aromatic rings. The van der Waals surface area contributed by atoms with Crippen molar-refractivity contribution < 1.29 is 0 Å².